The summed E-state index contributed by atoms with van der Waals surface area (Å²) in [7, 11) is 4.20. The number of nitrogens with zero attached hydrogens (tertiary/aromatic N) is 1. The fourth-order valence-electron chi connectivity index (χ4n) is 2.40. The van der Waals surface area contributed by atoms with Crippen LogP contribution in [-0.4, -0.2) is 47.7 Å². The molecule has 6 heteroatoms. The Morgan fingerprint density at radius 2 is 1.52 bits per heavy atom. The molecule has 0 saturated carbocycles. The van der Waals surface area contributed by atoms with E-state index in [9.17, 15) is 0 Å². The van der Waals surface area contributed by atoms with Crippen molar-refractivity contribution in [1.82, 2.24) is 4.90 Å². The zero-order chi connectivity index (χ0) is 20.2. The van der Waals surface area contributed by atoms with E-state index in [1.807, 2.05) is 12.1 Å². The quantitative estimate of drug-likeness (QED) is 0.723. The van der Waals surface area contributed by atoms with E-state index < -0.39 is 11.9 Å². The molecule has 0 bridgehead atoms. The van der Waals surface area contributed by atoms with E-state index in [1.54, 1.807) is 0 Å². The Balaban J connectivity index is 0.000000527. The van der Waals surface area contributed by atoms with E-state index in [0.717, 1.165) is 25.1 Å². The summed E-state index contributed by atoms with van der Waals surface area (Å²) >= 11 is 0. The fraction of sp³-hybridized carbons (Fsp3) is 0.333. The van der Waals surface area contributed by atoms with Gasteiger partial charge in [-0.05, 0) is 37.7 Å². The van der Waals surface area contributed by atoms with Crippen LogP contribution in [0.5, 0.6) is 5.75 Å². The minimum Gasteiger partial charge on any atom is -0.485 e. The summed E-state index contributed by atoms with van der Waals surface area (Å²) in [6.45, 7) is 3.17. The zero-order valence-electron chi connectivity index (χ0n) is 16.0. The molecule has 0 aromatic heterocycles. The number of hydrogen-bond donors (Lipinski definition) is 2. The van der Waals surface area contributed by atoms with Gasteiger partial charge < -0.3 is 19.8 Å². The summed E-state index contributed by atoms with van der Waals surface area (Å²) in [6.07, 6.45) is 2.07. The van der Waals surface area contributed by atoms with Gasteiger partial charge in [0.25, 0.3) is 0 Å². The second kappa shape index (κ2) is 11.7. The average Bonchev–Trinajstić information content (AvgIpc) is 2.66. The maximum absolute atomic E-state index is 9.10. The van der Waals surface area contributed by atoms with Crippen LogP contribution in [0.2, 0.25) is 0 Å². The molecule has 0 fully saturated rings. The van der Waals surface area contributed by atoms with Gasteiger partial charge in [0.2, 0.25) is 0 Å². The van der Waals surface area contributed by atoms with Crippen LogP contribution in [0.25, 0.3) is 0 Å². The monoisotopic (exact) mass is 373 g/mol. The Morgan fingerprint density at radius 3 is 2.04 bits per heavy atom. The Kier molecular flexibility index (Phi) is 9.61. The number of rotatable bonds is 7. The summed E-state index contributed by atoms with van der Waals surface area (Å²) < 4.78 is 6.35. The van der Waals surface area contributed by atoms with Crippen molar-refractivity contribution in [2.45, 2.75) is 25.9 Å². The van der Waals surface area contributed by atoms with Gasteiger partial charge in [0.15, 0.2) is 0 Å². The van der Waals surface area contributed by atoms with Crippen molar-refractivity contribution in [1.29, 1.82) is 0 Å². The third kappa shape index (κ3) is 8.37. The van der Waals surface area contributed by atoms with Crippen molar-refractivity contribution in [3.8, 4) is 5.75 Å². The number of aryl methyl sites for hydroxylation is 1. The van der Waals surface area contributed by atoms with Crippen LogP contribution in [0.1, 0.15) is 30.6 Å². The number of carbonyl (C=O) groups is 2. The molecule has 2 N–H and O–H groups in total. The molecule has 0 heterocycles. The summed E-state index contributed by atoms with van der Waals surface area (Å²) in [4.78, 5) is 20.4. The van der Waals surface area contributed by atoms with Crippen molar-refractivity contribution in [2.75, 3.05) is 20.6 Å². The molecule has 0 aliphatic rings. The predicted octanol–water partition coefficient (Wildman–Crippen LogP) is 3.48. The van der Waals surface area contributed by atoms with Gasteiger partial charge in [-0.15, -0.1) is 0 Å². The Hall–Kier alpha value is -2.86. The summed E-state index contributed by atoms with van der Waals surface area (Å²) in [6, 6.07) is 18.8. The highest BCUT2D eigenvalue weighted by Gasteiger charge is 2.15. The predicted molar refractivity (Wildman–Crippen MR) is 104 cm³/mol. The highest BCUT2D eigenvalue weighted by molar-refractivity contribution is 6.27. The largest absolute Gasteiger partial charge is 0.485 e. The first kappa shape index (κ1) is 22.2. The van der Waals surface area contributed by atoms with Gasteiger partial charge in [-0.1, -0.05) is 55.5 Å². The van der Waals surface area contributed by atoms with Crippen molar-refractivity contribution in [2.24, 2.45) is 0 Å². The molecule has 2 aromatic carbocycles. The van der Waals surface area contributed by atoms with E-state index in [1.165, 1.54) is 11.1 Å². The van der Waals surface area contributed by atoms with E-state index in [2.05, 4.69) is 68.4 Å². The van der Waals surface area contributed by atoms with E-state index in [4.69, 9.17) is 24.5 Å². The van der Waals surface area contributed by atoms with Gasteiger partial charge >= 0.3 is 11.9 Å². The molecule has 146 valence electrons. The molecule has 0 spiro atoms. The molecule has 2 aromatic rings. The van der Waals surface area contributed by atoms with Crippen molar-refractivity contribution >= 4 is 11.9 Å². The molecular formula is C21H27NO5. The molecule has 0 radical (unpaired) electrons. The fourth-order valence-corrected chi connectivity index (χ4v) is 2.40. The van der Waals surface area contributed by atoms with E-state index in [-0.39, 0.29) is 6.10 Å². The lowest BCUT2D eigenvalue weighted by atomic mass is 10.1. The van der Waals surface area contributed by atoms with Crippen molar-refractivity contribution in [3.05, 3.63) is 65.7 Å². The Morgan fingerprint density at radius 1 is 0.963 bits per heavy atom. The molecule has 1 unspecified atom stereocenters. The van der Waals surface area contributed by atoms with Gasteiger partial charge in [-0.3, -0.25) is 0 Å². The molecule has 27 heavy (non-hydrogen) atoms. The lowest BCUT2D eigenvalue weighted by molar-refractivity contribution is -0.159. The van der Waals surface area contributed by atoms with Crippen molar-refractivity contribution < 1.29 is 24.5 Å². The summed E-state index contributed by atoms with van der Waals surface area (Å²) in [5, 5.41) is 14.8. The molecule has 0 aliphatic heterocycles. The number of carboxylic acids is 2. The molecule has 2 rings (SSSR count). The smallest absolute Gasteiger partial charge is 0.414 e. The first-order valence-corrected chi connectivity index (χ1v) is 8.75. The van der Waals surface area contributed by atoms with Crippen LogP contribution in [0, 0.1) is 0 Å². The average molecular weight is 373 g/mol. The van der Waals surface area contributed by atoms with Crippen LogP contribution >= 0.6 is 0 Å². The van der Waals surface area contributed by atoms with Crippen LogP contribution in [0.15, 0.2) is 54.6 Å². The number of carboxylic acid groups (broad SMARTS) is 2. The van der Waals surface area contributed by atoms with Gasteiger partial charge in [0.05, 0.1) is 0 Å². The summed E-state index contributed by atoms with van der Waals surface area (Å²) in [5.41, 5.74) is 2.51. The normalized spacial score (nSPS) is 11.3. The zero-order valence-corrected chi connectivity index (χ0v) is 16.0. The molecular weight excluding hydrogens is 346 g/mol. The van der Waals surface area contributed by atoms with Gasteiger partial charge in [0, 0.05) is 13.0 Å². The molecule has 0 aliphatic carbocycles. The van der Waals surface area contributed by atoms with Crippen LogP contribution in [0.3, 0.4) is 0 Å². The van der Waals surface area contributed by atoms with E-state index in [0.29, 0.717) is 0 Å². The standard InChI is InChI=1S/C19H25NO.C2H2O4/c1-4-16-10-8-9-13-18(16)21-19(14-15-20(2)3)17-11-6-5-7-12-17;3-1(4)2(5)6/h5-13,19H,4,14-15H2,1-3H3;(H,3,4)(H,5,6). The van der Waals surface area contributed by atoms with Crippen LogP contribution in [-0.2, 0) is 16.0 Å². The lowest BCUT2D eigenvalue weighted by Crippen LogP contribution is -2.19. The minimum absolute atomic E-state index is 0.0984. The highest BCUT2D eigenvalue weighted by Crippen LogP contribution is 2.28. The minimum atomic E-state index is -1.82. The first-order chi connectivity index (χ1) is 12.8. The maximum atomic E-state index is 9.10. The number of ether oxygens (including phenoxy) is 1. The topological polar surface area (TPSA) is 87.1 Å². The second-order valence-corrected chi connectivity index (χ2v) is 6.18. The summed E-state index contributed by atoms with van der Waals surface area (Å²) in [5.74, 6) is -2.64. The van der Waals surface area contributed by atoms with E-state index >= 15 is 0 Å². The third-order valence-electron chi connectivity index (χ3n) is 3.82. The second-order valence-electron chi connectivity index (χ2n) is 6.18. The molecule has 6 nitrogen and oxygen atoms in total. The lowest BCUT2D eigenvalue weighted by Gasteiger charge is -2.23. The molecule has 0 saturated heterocycles. The molecule has 1 atom stereocenters. The SMILES string of the molecule is CCc1ccccc1OC(CCN(C)C)c1ccccc1.O=C(O)C(=O)O. The highest BCUT2D eigenvalue weighted by atomic mass is 16.5. The van der Waals surface area contributed by atoms with Crippen LogP contribution in [0.4, 0.5) is 0 Å². The van der Waals surface area contributed by atoms with Crippen molar-refractivity contribution in [3.63, 3.8) is 0 Å². The third-order valence-corrected chi connectivity index (χ3v) is 3.82. The number of para-hydroxylation sites is 1. The Bertz CT molecular complexity index is 704. The van der Waals surface area contributed by atoms with Gasteiger partial charge in [0.1, 0.15) is 11.9 Å². The Labute approximate surface area is 160 Å². The number of hydrogen-bond acceptors (Lipinski definition) is 4. The van der Waals surface area contributed by atoms with Gasteiger partial charge in [-0.2, -0.15) is 0 Å². The maximum Gasteiger partial charge on any atom is 0.414 e. The van der Waals surface area contributed by atoms with Gasteiger partial charge in [-0.25, -0.2) is 9.59 Å². The first-order valence-electron chi connectivity index (χ1n) is 8.75. The molecule has 0 amide bonds. The number of aliphatic carboxylic acids is 2. The number of benzene rings is 2. The van der Waals surface area contributed by atoms with Crippen LogP contribution < -0.4 is 4.74 Å².